The summed E-state index contributed by atoms with van der Waals surface area (Å²) in [6.07, 6.45) is 2.08. The molecule has 3 nitrogen and oxygen atoms in total. The summed E-state index contributed by atoms with van der Waals surface area (Å²) in [5.41, 5.74) is 7.70. The maximum Gasteiger partial charge on any atom is 0.494 e. The summed E-state index contributed by atoms with van der Waals surface area (Å²) >= 11 is 0. The minimum atomic E-state index is -0.356. The lowest BCUT2D eigenvalue weighted by Gasteiger charge is -2.32. The molecule has 33 heavy (non-hydrogen) atoms. The van der Waals surface area contributed by atoms with Crippen molar-refractivity contribution in [3.05, 3.63) is 65.7 Å². The van der Waals surface area contributed by atoms with Crippen molar-refractivity contribution < 1.29 is 13.7 Å². The Bertz CT molecular complexity index is 1390. The number of benzene rings is 3. The Kier molecular flexibility index (Phi) is 4.29. The molecule has 1 fully saturated rings. The number of hydrogen-bond acceptors (Lipinski definition) is 3. The Labute approximate surface area is 196 Å². The third-order valence-corrected chi connectivity index (χ3v) is 8.62. The summed E-state index contributed by atoms with van der Waals surface area (Å²) in [7, 11) is -0.356. The third-order valence-electron chi connectivity index (χ3n) is 8.62. The molecule has 0 unspecified atom stereocenters. The van der Waals surface area contributed by atoms with E-state index in [0.29, 0.717) is 0 Å². The van der Waals surface area contributed by atoms with Gasteiger partial charge in [-0.3, -0.25) is 0 Å². The molecule has 0 atom stereocenters. The lowest BCUT2D eigenvalue weighted by molar-refractivity contribution is 0.00578. The molecule has 0 spiro atoms. The third kappa shape index (κ3) is 2.65. The maximum atomic E-state index is 6.40. The average molecular weight is 438 g/mol. The fourth-order valence-corrected chi connectivity index (χ4v) is 5.95. The van der Waals surface area contributed by atoms with E-state index in [1.54, 1.807) is 0 Å². The first-order valence-electron chi connectivity index (χ1n) is 12.2. The molecule has 4 aromatic rings. The SMILES string of the molecule is CCC1(CC)c2cc(B3OC(C)(C)C(C)(C)O3)ccc2-c2c1ccc1oc3ccccc3c21. The van der Waals surface area contributed by atoms with Crippen LogP contribution >= 0.6 is 0 Å². The van der Waals surface area contributed by atoms with Crippen molar-refractivity contribution in [1.82, 2.24) is 0 Å². The van der Waals surface area contributed by atoms with Gasteiger partial charge in [-0.25, -0.2) is 0 Å². The van der Waals surface area contributed by atoms with Gasteiger partial charge in [0, 0.05) is 16.2 Å². The second-order valence-electron chi connectivity index (χ2n) is 10.6. The van der Waals surface area contributed by atoms with E-state index in [2.05, 4.69) is 90.1 Å². The van der Waals surface area contributed by atoms with Crippen molar-refractivity contribution in [3.8, 4) is 11.1 Å². The van der Waals surface area contributed by atoms with Gasteiger partial charge in [-0.15, -0.1) is 0 Å². The first-order valence-corrected chi connectivity index (χ1v) is 12.2. The van der Waals surface area contributed by atoms with Gasteiger partial charge < -0.3 is 13.7 Å². The van der Waals surface area contributed by atoms with Crippen LogP contribution in [0.25, 0.3) is 33.1 Å². The van der Waals surface area contributed by atoms with Crippen LogP contribution < -0.4 is 5.46 Å². The van der Waals surface area contributed by atoms with Crippen molar-refractivity contribution in [2.75, 3.05) is 0 Å². The van der Waals surface area contributed by atoms with E-state index >= 15 is 0 Å². The van der Waals surface area contributed by atoms with Gasteiger partial charge >= 0.3 is 7.12 Å². The predicted octanol–water partition coefficient (Wildman–Crippen LogP) is 6.97. The minimum absolute atomic E-state index is 0.0309. The van der Waals surface area contributed by atoms with Gasteiger partial charge in [-0.2, -0.15) is 0 Å². The fraction of sp³-hybridized carbons (Fsp3) is 0.379. The molecule has 0 radical (unpaired) electrons. The molecule has 0 amide bonds. The zero-order valence-corrected chi connectivity index (χ0v) is 20.4. The summed E-state index contributed by atoms with van der Waals surface area (Å²) < 4.78 is 19.0. The molecule has 2 heterocycles. The van der Waals surface area contributed by atoms with E-state index in [4.69, 9.17) is 13.7 Å². The van der Waals surface area contributed by atoms with Crippen LogP contribution in [0.15, 0.2) is 59.0 Å². The van der Waals surface area contributed by atoms with Gasteiger partial charge in [-0.05, 0) is 80.4 Å². The zero-order chi connectivity index (χ0) is 23.2. The van der Waals surface area contributed by atoms with Crippen LogP contribution in [-0.2, 0) is 14.7 Å². The molecule has 1 aliphatic carbocycles. The number of rotatable bonds is 3. The van der Waals surface area contributed by atoms with E-state index in [0.717, 1.165) is 29.5 Å². The fourth-order valence-electron chi connectivity index (χ4n) is 5.95. The quantitative estimate of drug-likeness (QED) is 0.324. The van der Waals surface area contributed by atoms with Gasteiger partial charge in [0.2, 0.25) is 0 Å². The van der Waals surface area contributed by atoms with Crippen LogP contribution in [0.4, 0.5) is 0 Å². The molecular weight excluding hydrogens is 407 g/mol. The normalized spacial score (nSPS) is 19.9. The summed E-state index contributed by atoms with van der Waals surface area (Å²) in [6, 6.07) is 19.6. The van der Waals surface area contributed by atoms with Gasteiger partial charge in [-0.1, -0.05) is 56.3 Å². The van der Waals surface area contributed by atoms with E-state index in [1.165, 1.54) is 33.0 Å². The highest BCUT2D eigenvalue weighted by Crippen LogP contribution is 2.55. The monoisotopic (exact) mass is 438 g/mol. The Balaban J connectivity index is 1.60. The highest BCUT2D eigenvalue weighted by Gasteiger charge is 2.52. The van der Waals surface area contributed by atoms with Crippen LogP contribution in [0.2, 0.25) is 0 Å². The van der Waals surface area contributed by atoms with Crippen LogP contribution in [0.3, 0.4) is 0 Å². The van der Waals surface area contributed by atoms with Gasteiger partial charge in [0.05, 0.1) is 11.2 Å². The van der Waals surface area contributed by atoms with Crippen molar-refractivity contribution in [2.45, 2.75) is 71.0 Å². The Hall–Kier alpha value is -2.56. The lowest BCUT2D eigenvalue weighted by Crippen LogP contribution is -2.41. The Morgan fingerprint density at radius 3 is 2.15 bits per heavy atom. The number of para-hydroxylation sites is 1. The lowest BCUT2D eigenvalue weighted by atomic mass is 9.70. The summed E-state index contributed by atoms with van der Waals surface area (Å²) in [4.78, 5) is 0. The molecule has 1 aromatic heterocycles. The molecule has 2 aliphatic rings. The Morgan fingerprint density at radius 2 is 1.45 bits per heavy atom. The topological polar surface area (TPSA) is 31.6 Å². The first-order chi connectivity index (χ1) is 15.7. The van der Waals surface area contributed by atoms with Gasteiger partial charge in [0.25, 0.3) is 0 Å². The minimum Gasteiger partial charge on any atom is -0.456 e. The van der Waals surface area contributed by atoms with E-state index in [-0.39, 0.29) is 23.7 Å². The van der Waals surface area contributed by atoms with Crippen LogP contribution in [0.1, 0.15) is 65.5 Å². The van der Waals surface area contributed by atoms with E-state index < -0.39 is 0 Å². The molecular formula is C29H31BO3. The van der Waals surface area contributed by atoms with Gasteiger partial charge in [0.1, 0.15) is 11.2 Å². The van der Waals surface area contributed by atoms with Crippen LogP contribution in [-0.4, -0.2) is 18.3 Å². The number of hydrogen-bond donors (Lipinski definition) is 0. The Morgan fingerprint density at radius 1 is 0.758 bits per heavy atom. The van der Waals surface area contributed by atoms with Crippen molar-refractivity contribution in [2.24, 2.45) is 0 Å². The average Bonchev–Trinajstić information content (AvgIpc) is 3.38. The summed E-state index contributed by atoms with van der Waals surface area (Å²) in [6.45, 7) is 13.1. The largest absolute Gasteiger partial charge is 0.494 e. The predicted molar refractivity (Wildman–Crippen MR) is 136 cm³/mol. The smallest absolute Gasteiger partial charge is 0.456 e. The van der Waals surface area contributed by atoms with Crippen molar-refractivity contribution >= 4 is 34.5 Å². The molecule has 3 aromatic carbocycles. The van der Waals surface area contributed by atoms with E-state index in [1.807, 2.05) is 6.07 Å². The molecule has 6 rings (SSSR count). The molecule has 168 valence electrons. The number of furan rings is 1. The summed E-state index contributed by atoms with van der Waals surface area (Å²) in [5, 5.41) is 2.42. The van der Waals surface area contributed by atoms with Crippen molar-refractivity contribution in [3.63, 3.8) is 0 Å². The van der Waals surface area contributed by atoms with Crippen molar-refractivity contribution in [1.29, 1.82) is 0 Å². The highest BCUT2D eigenvalue weighted by atomic mass is 16.7. The molecule has 1 saturated heterocycles. The second-order valence-corrected chi connectivity index (χ2v) is 10.6. The molecule has 0 N–H and O–H groups in total. The maximum absolute atomic E-state index is 6.40. The van der Waals surface area contributed by atoms with E-state index in [9.17, 15) is 0 Å². The van der Waals surface area contributed by atoms with Crippen LogP contribution in [0.5, 0.6) is 0 Å². The highest BCUT2D eigenvalue weighted by molar-refractivity contribution is 6.62. The molecule has 0 saturated carbocycles. The van der Waals surface area contributed by atoms with Crippen LogP contribution in [0, 0.1) is 0 Å². The summed E-state index contributed by atoms with van der Waals surface area (Å²) in [5.74, 6) is 0. The standard InChI is InChI=1S/C29H31BO3/c1-7-29(8-2)21-15-16-24-26(20-11-9-10-12-23(20)31-24)25(21)19-14-13-18(17-22(19)29)30-32-27(3,4)28(5,6)33-30/h9-17H,7-8H2,1-6H3. The zero-order valence-electron chi connectivity index (χ0n) is 20.4. The molecule has 0 bridgehead atoms. The molecule has 1 aliphatic heterocycles. The first kappa shape index (κ1) is 21.0. The molecule has 4 heteroatoms. The second kappa shape index (κ2) is 6.74. The van der Waals surface area contributed by atoms with Gasteiger partial charge in [0.15, 0.2) is 0 Å². The number of fused-ring (bicyclic) bond motifs is 7.